The number of furan rings is 1. The summed E-state index contributed by atoms with van der Waals surface area (Å²) in [6.45, 7) is 10.7. The Balaban J connectivity index is 2.61. The number of nitrogens with one attached hydrogen (secondary N) is 1. The average molecular weight is 239 g/mol. The molecular weight excluding hydrogens is 214 g/mol. The van der Waals surface area contributed by atoms with Gasteiger partial charge in [-0.2, -0.15) is 0 Å². The Labute approximate surface area is 104 Å². The van der Waals surface area contributed by atoms with Gasteiger partial charge in [-0.05, 0) is 39.7 Å². The van der Waals surface area contributed by atoms with Gasteiger partial charge in [0.05, 0.1) is 5.60 Å². The van der Waals surface area contributed by atoms with Crippen LogP contribution in [-0.4, -0.2) is 17.3 Å². The number of rotatable bonds is 6. The van der Waals surface area contributed by atoms with Crippen LogP contribution in [0.25, 0.3) is 0 Å². The predicted octanol–water partition coefficient (Wildman–Crippen LogP) is 3.10. The number of hydrogen-bond acceptors (Lipinski definition) is 3. The molecule has 1 aromatic rings. The lowest BCUT2D eigenvalue weighted by atomic mass is 9.97. The first-order valence-corrected chi connectivity index (χ1v) is 6.44. The minimum Gasteiger partial charge on any atom is -0.466 e. The fraction of sp³-hybridized carbons (Fsp3) is 0.714. The van der Waals surface area contributed by atoms with Crippen molar-refractivity contribution in [1.29, 1.82) is 0 Å². The SMILES string of the molecule is CCC(O)(CC)CNC(C)c1cc(C)oc1C. The summed E-state index contributed by atoms with van der Waals surface area (Å²) in [7, 11) is 0. The van der Waals surface area contributed by atoms with Gasteiger partial charge in [0.15, 0.2) is 0 Å². The Hall–Kier alpha value is -0.800. The van der Waals surface area contributed by atoms with Crippen molar-refractivity contribution >= 4 is 0 Å². The summed E-state index contributed by atoms with van der Waals surface area (Å²) in [5.74, 6) is 1.89. The van der Waals surface area contributed by atoms with Crippen molar-refractivity contribution in [3.05, 3.63) is 23.2 Å². The number of aryl methyl sites for hydroxylation is 2. The molecule has 3 heteroatoms. The number of aliphatic hydroxyl groups is 1. The van der Waals surface area contributed by atoms with Crippen molar-refractivity contribution in [2.75, 3.05) is 6.54 Å². The van der Waals surface area contributed by atoms with Crippen LogP contribution in [0.4, 0.5) is 0 Å². The van der Waals surface area contributed by atoms with E-state index >= 15 is 0 Å². The van der Waals surface area contributed by atoms with Crippen molar-refractivity contribution in [3.8, 4) is 0 Å². The van der Waals surface area contributed by atoms with E-state index in [1.807, 2.05) is 27.7 Å². The van der Waals surface area contributed by atoms with Crippen molar-refractivity contribution in [2.45, 2.75) is 59.1 Å². The van der Waals surface area contributed by atoms with E-state index in [-0.39, 0.29) is 6.04 Å². The fourth-order valence-corrected chi connectivity index (χ4v) is 2.03. The fourth-order valence-electron chi connectivity index (χ4n) is 2.03. The largest absolute Gasteiger partial charge is 0.466 e. The summed E-state index contributed by atoms with van der Waals surface area (Å²) in [6.07, 6.45) is 1.54. The lowest BCUT2D eigenvalue weighted by molar-refractivity contribution is 0.0303. The van der Waals surface area contributed by atoms with Gasteiger partial charge in [0, 0.05) is 18.2 Å². The molecule has 98 valence electrons. The average Bonchev–Trinajstić information content (AvgIpc) is 2.65. The zero-order valence-corrected chi connectivity index (χ0v) is 11.6. The summed E-state index contributed by atoms with van der Waals surface area (Å²) in [4.78, 5) is 0. The van der Waals surface area contributed by atoms with Gasteiger partial charge in [-0.15, -0.1) is 0 Å². The van der Waals surface area contributed by atoms with Gasteiger partial charge >= 0.3 is 0 Å². The van der Waals surface area contributed by atoms with E-state index in [1.54, 1.807) is 0 Å². The van der Waals surface area contributed by atoms with Gasteiger partial charge < -0.3 is 14.8 Å². The summed E-state index contributed by atoms with van der Waals surface area (Å²) >= 11 is 0. The first kappa shape index (κ1) is 14.3. The van der Waals surface area contributed by atoms with Crippen LogP contribution < -0.4 is 5.32 Å². The first-order chi connectivity index (χ1) is 7.91. The maximum Gasteiger partial charge on any atom is 0.105 e. The predicted molar refractivity (Wildman–Crippen MR) is 70.1 cm³/mol. The third kappa shape index (κ3) is 3.58. The summed E-state index contributed by atoms with van der Waals surface area (Å²) < 4.78 is 5.52. The van der Waals surface area contributed by atoms with Crippen molar-refractivity contribution < 1.29 is 9.52 Å². The molecule has 1 aromatic heterocycles. The number of hydrogen-bond donors (Lipinski definition) is 2. The second kappa shape index (κ2) is 5.69. The molecular formula is C14H25NO2. The molecule has 0 spiro atoms. The summed E-state index contributed by atoms with van der Waals surface area (Å²) in [6, 6.07) is 2.27. The summed E-state index contributed by atoms with van der Waals surface area (Å²) in [5, 5.41) is 13.6. The van der Waals surface area contributed by atoms with Crippen LogP contribution in [0.15, 0.2) is 10.5 Å². The van der Waals surface area contributed by atoms with Gasteiger partial charge in [0.1, 0.15) is 11.5 Å². The van der Waals surface area contributed by atoms with E-state index < -0.39 is 5.60 Å². The van der Waals surface area contributed by atoms with Gasteiger partial charge in [-0.3, -0.25) is 0 Å². The standard InChI is InChI=1S/C14H25NO2/c1-6-14(16,7-2)9-15-11(4)13-8-10(3)17-12(13)5/h8,11,15-16H,6-7,9H2,1-5H3. The van der Waals surface area contributed by atoms with Gasteiger partial charge in [-0.1, -0.05) is 13.8 Å². The quantitative estimate of drug-likeness (QED) is 0.802. The van der Waals surface area contributed by atoms with E-state index in [0.29, 0.717) is 6.54 Å². The van der Waals surface area contributed by atoms with Crippen molar-refractivity contribution in [1.82, 2.24) is 5.32 Å². The van der Waals surface area contributed by atoms with E-state index in [1.165, 1.54) is 5.56 Å². The van der Waals surface area contributed by atoms with E-state index in [9.17, 15) is 5.11 Å². The maximum atomic E-state index is 10.2. The van der Waals surface area contributed by atoms with Crippen LogP contribution in [0.3, 0.4) is 0 Å². The second-order valence-corrected chi connectivity index (χ2v) is 4.90. The Kier molecular flexibility index (Phi) is 4.78. The van der Waals surface area contributed by atoms with Gasteiger partial charge in [0.2, 0.25) is 0 Å². The third-order valence-corrected chi connectivity index (χ3v) is 3.60. The molecule has 1 rings (SSSR count). The Morgan fingerprint density at radius 2 is 1.94 bits per heavy atom. The zero-order valence-electron chi connectivity index (χ0n) is 11.6. The molecule has 1 heterocycles. The third-order valence-electron chi connectivity index (χ3n) is 3.60. The van der Waals surface area contributed by atoms with Crippen LogP contribution in [-0.2, 0) is 0 Å². The zero-order chi connectivity index (χ0) is 13.1. The lowest BCUT2D eigenvalue weighted by Crippen LogP contribution is -2.40. The molecule has 0 aliphatic heterocycles. The highest BCUT2D eigenvalue weighted by Gasteiger charge is 2.23. The molecule has 3 nitrogen and oxygen atoms in total. The highest BCUT2D eigenvalue weighted by atomic mass is 16.3. The molecule has 0 fully saturated rings. The minimum atomic E-state index is -0.596. The van der Waals surface area contributed by atoms with Crippen LogP contribution in [0.1, 0.15) is 56.7 Å². The normalized spacial score (nSPS) is 14.0. The molecule has 0 radical (unpaired) electrons. The molecule has 1 unspecified atom stereocenters. The Morgan fingerprint density at radius 3 is 2.35 bits per heavy atom. The van der Waals surface area contributed by atoms with Crippen LogP contribution in [0, 0.1) is 13.8 Å². The molecule has 0 saturated carbocycles. The highest BCUT2D eigenvalue weighted by Crippen LogP contribution is 2.22. The van der Waals surface area contributed by atoms with Crippen LogP contribution >= 0.6 is 0 Å². The topological polar surface area (TPSA) is 45.4 Å². The molecule has 0 aliphatic carbocycles. The van der Waals surface area contributed by atoms with Crippen molar-refractivity contribution in [2.24, 2.45) is 0 Å². The Bertz CT molecular complexity index is 353. The molecule has 0 amide bonds. The van der Waals surface area contributed by atoms with Crippen LogP contribution in [0.2, 0.25) is 0 Å². The molecule has 2 N–H and O–H groups in total. The van der Waals surface area contributed by atoms with Gasteiger partial charge in [-0.25, -0.2) is 0 Å². The van der Waals surface area contributed by atoms with E-state index in [2.05, 4.69) is 18.3 Å². The summed E-state index contributed by atoms with van der Waals surface area (Å²) in [5.41, 5.74) is 0.582. The monoisotopic (exact) mass is 239 g/mol. The molecule has 0 saturated heterocycles. The smallest absolute Gasteiger partial charge is 0.105 e. The second-order valence-electron chi connectivity index (χ2n) is 4.90. The van der Waals surface area contributed by atoms with Gasteiger partial charge in [0.25, 0.3) is 0 Å². The Morgan fingerprint density at radius 1 is 1.35 bits per heavy atom. The van der Waals surface area contributed by atoms with E-state index in [4.69, 9.17) is 4.42 Å². The highest BCUT2D eigenvalue weighted by molar-refractivity contribution is 5.23. The van der Waals surface area contributed by atoms with Crippen molar-refractivity contribution in [3.63, 3.8) is 0 Å². The molecule has 17 heavy (non-hydrogen) atoms. The molecule has 0 bridgehead atoms. The minimum absolute atomic E-state index is 0.206. The molecule has 1 atom stereocenters. The van der Waals surface area contributed by atoms with Crippen LogP contribution in [0.5, 0.6) is 0 Å². The first-order valence-electron chi connectivity index (χ1n) is 6.44. The van der Waals surface area contributed by atoms with E-state index in [0.717, 1.165) is 24.4 Å². The lowest BCUT2D eigenvalue weighted by Gasteiger charge is -2.27. The molecule has 0 aliphatic rings. The maximum absolute atomic E-state index is 10.2. The molecule has 0 aromatic carbocycles.